The van der Waals surface area contributed by atoms with Crippen molar-refractivity contribution in [1.82, 2.24) is 9.55 Å². The Kier molecular flexibility index (Phi) is 2.61. The van der Waals surface area contributed by atoms with E-state index in [-0.39, 0.29) is 5.41 Å². The van der Waals surface area contributed by atoms with Crippen molar-refractivity contribution >= 4 is 23.3 Å². The average Bonchev–Trinajstić information content (AvgIpc) is 2.65. The molecule has 18 heavy (non-hydrogen) atoms. The summed E-state index contributed by atoms with van der Waals surface area (Å²) in [7, 11) is 1.79. The molecule has 0 spiro atoms. The Bertz CT molecular complexity index is 641. The van der Waals surface area contributed by atoms with Gasteiger partial charge in [-0.05, 0) is 30.8 Å². The fourth-order valence-corrected chi connectivity index (χ4v) is 3.42. The number of benzene rings is 1. The van der Waals surface area contributed by atoms with Gasteiger partial charge in [0.05, 0.1) is 17.1 Å². The molecular weight excluding hydrogens is 244 g/mol. The summed E-state index contributed by atoms with van der Waals surface area (Å²) >= 11 is 5.47. The molecule has 0 bridgehead atoms. The SMILES string of the molecule is COC1CC(n2c(=S)[nH]c3ccccc32)C1(C)C. The van der Waals surface area contributed by atoms with Gasteiger partial charge in [-0.25, -0.2) is 0 Å². The maximum Gasteiger partial charge on any atom is 0.178 e. The third-order valence-electron chi connectivity index (χ3n) is 4.35. The van der Waals surface area contributed by atoms with E-state index in [9.17, 15) is 0 Å². The number of nitrogens with zero attached hydrogens (tertiary/aromatic N) is 1. The number of hydrogen-bond donors (Lipinski definition) is 1. The molecule has 1 fully saturated rings. The molecule has 1 saturated carbocycles. The maximum atomic E-state index is 5.52. The zero-order valence-corrected chi connectivity index (χ0v) is 11.8. The Hall–Kier alpha value is -1.13. The molecule has 0 aliphatic heterocycles. The van der Waals surface area contributed by atoms with Crippen LogP contribution >= 0.6 is 12.2 Å². The summed E-state index contributed by atoms with van der Waals surface area (Å²) in [6.45, 7) is 4.50. The minimum atomic E-state index is 0.123. The lowest BCUT2D eigenvalue weighted by Crippen LogP contribution is -2.51. The van der Waals surface area contributed by atoms with E-state index >= 15 is 0 Å². The monoisotopic (exact) mass is 262 g/mol. The fraction of sp³-hybridized carbons (Fsp3) is 0.500. The highest BCUT2D eigenvalue weighted by molar-refractivity contribution is 7.71. The second kappa shape index (κ2) is 3.93. The molecule has 1 aliphatic carbocycles. The van der Waals surface area contributed by atoms with E-state index in [0.717, 1.165) is 16.7 Å². The van der Waals surface area contributed by atoms with Gasteiger partial charge < -0.3 is 14.3 Å². The van der Waals surface area contributed by atoms with E-state index in [1.807, 2.05) is 6.07 Å². The first-order chi connectivity index (χ1) is 8.55. The first kappa shape index (κ1) is 11.9. The number of hydrogen-bond acceptors (Lipinski definition) is 2. The number of fused-ring (bicyclic) bond motifs is 1. The lowest BCUT2D eigenvalue weighted by atomic mass is 9.64. The number of para-hydroxylation sites is 2. The van der Waals surface area contributed by atoms with Crippen LogP contribution in [0.2, 0.25) is 0 Å². The maximum absolute atomic E-state index is 5.52. The van der Waals surface area contributed by atoms with Crippen molar-refractivity contribution in [3.8, 4) is 0 Å². The van der Waals surface area contributed by atoms with Gasteiger partial charge in [0.1, 0.15) is 0 Å². The predicted molar refractivity (Wildman–Crippen MR) is 75.4 cm³/mol. The summed E-state index contributed by atoms with van der Waals surface area (Å²) in [6.07, 6.45) is 1.35. The number of nitrogens with one attached hydrogen (secondary N) is 1. The Morgan fingerprint density at radius 3 is 2.78 bits per heavy atom. The molecule has 1 aromatic carbocycles. The molecule has 0 radical (unpaired) electrons. The normalized spacial score (nSPS) is 26.2. The van der Waals surface area contributed by atoms with Crippen LogP contribution < -0.4 is 0 Å². The molecular formula is C14H18N2OS. The van der Waals surface area contributed by atoms with Gasteiger partial charge in [0.2, 0.25) is 0 Å². The second-order valence-corrected chi connectivity index (χ2v) is 6.00. The Balaban J connectivity index is 2.11. The van der Waals surface area contributed by atoms with Crippen LogP contribution in [0.1, 0.15) is 26.3 Å². The number of aromatic nitrogens is 2. The number of methoxy groups -OCH3 is 1. The molecule has 0 amide bonds. The fourth-order valence-electron chi connectivity index (χ4n) is 3.09. The van der Waals surface area contributed by atoms with Gasteiger partial charge in [0.15, 0.2) is 4.77 Å². The van der Waals surface area contributed by atoms with Gasteiger partial charge in [-0.2, -0.15) is 0 Å². The third kappa shape index (κ3) is 1.49. The summed E-state index contributed by atoms with van der Waals surface area (Å²) in [5.41, 5.74) is 2.42. The van der Waals surface area contributed by atoms with Crippen LogP contribution in [0, 0.1) is 10.2 Å². The summed E-state index contributed by atoms with van der Waals surface area (Å²) < 4.78 is 8.58. The lowest BCUT2D eigenvalue weighted by molar-refractivity contribution is -0.111. The average molecular weight is 262 g/mol. The molecule has 1 N–H and O–H groups in total. The number of aromatic amines is 1. The van der Waals surface area contributed by atoms with E-state index < -0.39 is 0 Å². The molecule has 0 saturated heterocycles. The highest BCUT2D eigenvalue weighted by Gasteiger charge is 2.50. The third-order valence-corrected chi connectivity index (χ3v) is 4.64. The lowest BCUT2D eigenvalue weighted by Gasteiger charge is -2.51. The Morgan fingerprint density at radius 2 is 2.11 bits per heavy atom. The molecule has 3 nitrogen and oxygen atoms in total. The molecule has 3 rings (SSSR count). The van der Waals surface area contributed by atoms with Crippen LogP contribution in [-0.4, -0.2) is 22.8 Å². The van der Waals surface area contributed by atoms with Crippen LogP contribution in [0.4, 0.5) is 0 Å². The highest BCUT2D eigenvalue weighted by Crippen LogP contribution is 2.51. The van der Waals surface area contributed by atoms with Crippen molar-refractivity contribution < 1.29 is 4.74 Å². The highest BCUT2D eigenvalue weighted by atomic mass is 32.1. The molecule has 4 heteroatoms. The van der Waals surface area contributed by atoms with Crippen molar-refractivity contribution in [2.75, 3.05) is 7.11 Å². The Morgan fingerprint density at radius 1 is 1.39 bits per heavy atom. The van der Waals surface area contributed by atoms with Crippen LogP contribution in [0.3, 0.4) is 0 Å². The molecule has 1 heterocycles. The smallest absolute Gasteiger partial charge is 0.178 e. The minimum Gasteiger partial charge on any atom is -0.381 e. The van der Waals surface area contributed by atoms with E-state index in [1.54, 1.807) is 7.11 Å². The number of ether oxygens (including phenoxy) is 1. The van der Waals surface area contributed by atoms with Crippen molar-refractivity contribution in [3.63, 3.8) is 0 Å². The van der Waals surface area contributed by atoms with E-state index in [4.69, 9.17) is 17.0 Å². The van der Waals surface area contributed by atoms with Crippen molar-refractivity contribution in [2.24, 2.45) is 5.41 Å². The second-order valence-electron chi connectivity index (χ2n) is 5.61. The van der Waals surface area contributed by atoms with Gasteiger partial charge in [0, 0.05) is 18.6 Å². The quantitative estimate of drug-likeness (QED) is 0.837. The summed E-state index contributed by atoms with van der Waals surface area (Å²) in [5.74, 6) is 0. The number of rotatable bonds is 2. The summed E-state index contributed by atoms with van der Waals surface area (Å²) in [5, 5.41) is 0. The van der Waals surface area contributed by atoms with E-state index in [0.29, 0.717) is 12.1 Å². The zero-order chi connectivity index (χ0) is 12.9. The standard InChI is InChI=1S/C14H18N2OS/c1-14(2)11(8-12(14)17-3)16-10-7-5-4-6-9(10)15-13(16)18/h4-7,11-12H,8H2,1-3H3,(H,15,18). The van der Waals surface area contributed by atoms with Gasteiger partial charge in [0.25, 0.3) is 0 Å². The van der Waals surface area contributed by atoms with Gasteiger partial charge in [-0.3, -0.25) is 0 Å². The van der Waals surface area contributed by atoms with Crippen molar-refractivity contribution in [1.29, 1.82) is 0 Å². The minimum absolute atomic E-state index is 0.123. The number of H-pyrrole nitrogens is 1. The largest absolute Gasteiger partial charge is 0.381 e. The topological polar surface area (TPSA) is 29.9 Å². The molecule has 2 unspecified atom stereocenters. The van der Waals surface area contributed by atoms with E-state index in [2.05, 4.69) is 41.6 Å². The molecule has 1 aliphatic rings. The first-order valence-corrected chi connectivity index (χ1v) is 6.68. The molecule has 1 aromatic heterocycles. The van der Waals surface area contributed by atoms with Gasteiger partial charge >= 0.3 is 0 Å². The zero-order valence-electron chi connectivity index (χ0n) is 10.9. The predicted octanol–water partition coefficient (Wildman–Crippen LogP) is 3.68. The van der Waals surface area contributed by atoms with E-state index in [1.165, 1.54) is 5.52 Å². The van der Waals surface area contributed by atoms with Crippen molar-refractivity contribution in [2.45, 2.75) is 32.4 Å². The van der Waals surface area contributed by atoms with Crippen LogP contribution in [0.25, 0.3) is 11.0 Å². The first-order valence-electron chi connectivity index (χ1n) is 6.27. The van der Waals surface area contributed by atoms with Crippen LogP contribution in [0.5, 0.6) is 0 Å². The van der Waals surface area contributed by atoms with Crippen LogP contribution in [-0.2, 0) is 4.74 Å². The number of imidazole rings is 1. The summed E-state index contributed by atoms with van der Waals surface area (Å²) in [4.78, 5) is 3.28. The molecule has 2 atom stereocenters. The van der Waals surface area contributed by atoms with Crippen molar-refractivity contribution in [3.05, 3.63) is 29.0 Å². The summed E-state index contributed by atoms with van der Waals surface area (Å²) in [6, 6.07) is 8.69. The van der Waals surface area contributed by atoms with Crippen LogP contribution in [0.15, 0.2) is 24.3 Å². The Labute approximate surface area is 112 Å². The van der Waals surface area contributed by atoms with Gasteiger partial charge in [-0.15, -0.1) is 0 Å². The molecule has 2 aromatic rings. The van der Waals surface area contributed by atoms with Gasteiger partial charge in [-0.1, -0.05) is 26.0 Å². The molecule has 96 valence electrons.